The molecule has 2 saturated carbocycles. The molecular weight excluding hydrogens is 396 g/mol. The molecule has 7 heteroatoms. The van der Waals surface area contributed by atoms with Crippen LogP contribution in [0.2, 0.25) is 0 Å². The molecule has 0 aromatic rings. The fourth-order valence-corrected chi connectivity index (χ4v) is 7.20. The summed E-state index contributed by atoms with van der Waals surface area (Å²) >= 11 is 6.61. The Labute approximate surface area is 177 Å². The van der Waals surface area contributed by atoms with Crippen LogP contribution in [-0.2, 0) is 14.3 Å². The molecule has 2 heterocycles. The summed E-state index contributed by atoms with van der Waals surface area (Å²) < 4.78 is 11.6. The van der Waals surface area contributed by atoms with Crippen molar-refractivity contribution in [3.8, 4) is 0 Å². The number of hydrogen-bond acceptors (Lipinski definition) is 6. The average molecular weight is 429 g/mol. The van der Waals surface area contributed by atoms with E-state index in [2.05, 4.69) is 20.4 Å². The highest BCUT2D eigenvalue weighted by Crippen LogP contribution is 2.63. The third-order valence-corrected chi connectivity index (χ3v) is 9.51. The number of ether oxygens (including phenoxy) is 2. The largest absolute Gasteiger partial charge is 0.457 e. The SMILES string of the molecule is C=C1[C@@H](O)C[C@H](O)[C@]2(C)[C@H]([C@@H](C)[C@@H](C)[C@@H]3O[C@@H]32)[C@H](C)[C@]2(O)[C@@H](C)C(=O)O[C@H]2[C@H]1Cl. The molecule has 4 fully saturated rings. The third-order valence-electron chi connectivity index (χ3n) is 9.00. The summed E-state index contributed by atoms with van der Waals surface area (Å²) in [5, 5.41) is 33.1. The molecule has 2 aliphatic carbocycles. The van der Waals surface area contributed by atoms with Gasteiger partial charge in [0.1, 0.15) is 5.60 Å². The Balaban J connectivity index is 1.89. The van der Waals surface area contributed by atoms with E-state index in [1.807, 2.05) is 13.8 Å². The zero-order valence-corrected chi connectivity index (χ0v) is 18.5. The highest BCUT2D eigenvalue weighted by atomic mass is 35.5. The van der Waals surface area contributed by atoms with Crippen LogP contribution in [0.3, 0.4) is 0 Å². The van der Waals surface area contributed by atoms with Crippen LogP contribution in [0.5, 0.6) is 0 Å². The second-order valence-electron chi connectivity index (χ2n) is 10.1. The highest BCUT2D eigenvalue weighted by molar-refractivity contribution is 6.23. The fraction of sp³-hybridized carbons (Fsp3) is 0.864. The van der Waals surface area contributed by atoms with Gasteiger partial charge in [0, 0.05) is 11.8 Å². The summed E-state index contributed by atoms with van der Waals surface area (Å²) in [6.07, 6.45) is -2.99. The van der Waals surface area contributed by atoms with Crippen LogP contribution in [-0.4, -0.2) is 62.8 Å². The van der Waals surface area contributed by atoms with E-state index in [0.29, 0.717) is 0 Å². The number of carbonyl (C=O) groups is 1. The van der Waals surface area contributed by atoms with E-state index in [0.717, 1.165) is 0 Å². The van der Waals surface area contributed by atoms with E-state index in [1.54, 1.807) is 6.92 Å². The second kappa shape index (κ2) is 6.67. The zero-order chi connectivity index (χ0) is 21.6. The van der Waals surface area contributed by atoms with Crippen molar-refractivity contribution in [2.45, 2.75) is 82.5 Å². The number of carbonyl (C=O) groups excluding carboxylic acids is 1. The fourth-order valence-electron chi connectivity index (χ4n) is 6.80. The summed E-state index contributed by atoms with van der Waals surface area (Å²) in [6, 6.07) is 0. The first-order valence-corrected chi connectivity index (χ1v) is 11.1. The quantitative estimate of drug-likeness (QED) is 0.236. The maximum atomic E-state index is 12.5. The monoisotopic (exact) mass is 428 g/mol. The van der Waals surface area contributed by atoms with E-state index in [4.69, 9.17) is 21.1 Å². The number of epoxide rings is 1. The third kappa shape index (κ3) is 2.65. The molecule has 0 aromatic carbocycles. The number of aliphatic hydroxyl groups excluding tert-OH is 2. The maximum absolute atomic E-state index is 12.5. The molecule has 0 amide bonds. The molecule has 6 nitrogen and oxygen atoms in total. The highest BCUT2D eigenvalue weighted by Gasteiger charge is 2.71. The summed E-state index contributed by atoms with van der Waals surface area (Å²) in [7, 11) is 0. The lowest BCUT2D eigenvalue weighted by molar-refractivity contribution is -0.167. The summed E-state index contributed by atoms with van der Waals surface area (Å²) in [5.41, 5.74) is -2.00. The van der Waals surface area contributed by atoms with Gasteiger partial charge in [-0.05, 0) is 36.2 Å². The standard InChI is InChI=1S/C22H33ClO6/c1-8-9(2)17-19(28-17)21(6)14(25)7-13(24)10(3)16(23)18-22(27,11(4)15(8)21)12(5)20(26)29-18/h8-9,11-19,24-25,27H,3,7H2,1-2,4-6H3/t8-,9+,11-,12-,13-,14-,15+,16-,17-,18-,19-,21+,22-/m0/s1. The van der Waals surface area contributed by atoms with Crippen molar-refractivity contribution < 1.29 is 29.6 Å². The van der Waals surface area contributed by atoms with Gasteiger partial charge in [-0.25, -0.2) is 0 Å². The van der Waals surface area contributed by atoms with Gasteiger partial charge < -0.3 is 24.8 Å². The first-order chi connectivity index (χ1) is 13.4. The molecule has 0 unspecified atom stereocenters. The Hall–Kier alpha value is -0.660. The van der Waals surface area contributed by atoms with Gasteiger partial charge in [-0.3, -0.25) is 4.79 Å². The minimum atomic E-state index is -1.55. The topological polar surface area (TPSA) is 99.5 Å². The zero-order valence-electron chi connectivity index (χ0n) is 17.7. The Morgan fingerprint density at radius 3 is 2.38 bits per heavy atom. The van der Waals surface area contributed by atoms with Gasteiger partial charge in [-0.15, -0.1) is 11.6 Å². The van der Waals surface area contributed by atoms with E-state index < -0.39 is 52.5 Å². The van der Waals surface area contributed by atoms with Gasteiger partial charge >= 0.3 is 5.97 Å². The predicted molar refractivity (Wildman–Crippen MR) is 107 cm³/mol. The van der Waals surface area contributed by atoms with Crippen molar-refractivity contribution in [1.29, 1.82) is 0 Å². The van der Waals surface area contributed by atoms with Gasteiger partial charge in [0.15, 0.2) is 6.10 Å². The summed E-state index contributed by atoms with van der Waals surface area (Å²) in [5.74, 6) is -1.48. The van der Waals surface area contributed by atoms with Crippen LogP contribution in [0, 0.1) is 35.0 Å². The van der Waals surface area contributed by atoms with Gasteiger partial charge in [-0.2, -0.15) is 0 Å². The minimum absolute atomic E-state index is 0.0569. The first-order valence-electron chi connectivity index (χ1n) is 10.7. The Kier molecular flexibility index (Phi) is 4.96. The smallest absolute Gasteiger partial charge is 0.312 e. The lowest BCUT2D eigenvalue weighted by atomic mass is 9.50. The molecule has 0 bridgehead atoms. The first kappa shape index (κ1) is 21.6. The van der Waals surface area contributed by atoms with E-state index in [-0.39, 0.29) is 42.0 Å². The van der Waals surface area contributed by atoms with Crippen molar-refractivity contribution in [2.24, 2.45) is 35.0 Å². The molecule has 4 rings (SSSR count). The Bertz CT molecular complexity index is 728. The molecule has 2 saturated heterocycles. The van der Waals surface area contributed by atoms with Crippen LogP contribution >= 0.6 is 11.6 Å². The number of aliphatic hydroxyl groups is 3. The maximum Gasteiger partial charge on any atom is 0.312 e. The Morgan fingerprint density at radius 2 is 1.76 bits per heavy atom. The average Bonchev–Trinajstić information content (AvgIpc) is 3.44. The normalized spacial score (nSPS) is 60.0. The summed E-state index contributed by atoms with van der Waals surface area (Å²) in [6.45, 7) is 13.7. The van der Waals surface area contributed by atoms with Gasteiger partial charge in [0.2, 0.25) is 0 Å². The molecule has 4 aliphatic rings. The molecule has 0 aromatic heterocycles. The molecule has 2 aliphatic heterocycles. The van der Waals surface area contributed by atoms with Crippen LogP contribution in [0.25, 0.3) is 0 Å². The molecular formula is C22H33ClO6. The molecule has 164 valence electrons. The van der Waals surface area contributed by atoms with Gasteiger partial charge in [-0.1, -0.05) is 34.3 Å². The van der Waals surface area contributed by atoms with E-state index >= 15 is 0 Å². The van der Waals surface area contributed by atoms with E-state index in [1.165, 1.54) is 0 Å². The number of alkyl halides is 1. The molecule has 29 heavy (non-hydrogen) atoms. The van der Waals surface area contributed by atoms with Crippen molar-refractivity contribution in [2.75, 3.05) is 0 Å². The lowest BCUT2D eigenvalue weighted by Crippen LogP contribution is -2.63. The lowest BCUT2D eigenvalue weighted by Gasteiger charge is -2.55. The number of fused-ring (bicyclic) bond motifs is 4. The van der Waals surface area contributed by atoms with Crippen LogP contribution in [0.4, 0.5) is 0 Å². The van der Waals surface area contributed by atoms with Crippen molar-refractivity contribution in [1.82, 2.24) is 0 Å². The van der Waals surface area contributed by atoms with Crippen molar-refractivity contribution in [3.05, 3.63) is 12.2 Å². The van der Waals surface area contributed by atoms with Gasteiger partial charge in [0.25, 0.3) is 0 Å². The molecule has 13 atom stereocenters. The van der Waals surface area contributed by atoms with Gasteiger partial charge in [0.05, 0.1) is 35.7 Å². The predicted octanol–water partition coefficient (Wildman–Crippen LogP) is 1.88. The number of hydrogen-bond donors (Lipinski definition) is 3. The Morgan fingerprint density at radius 1 is 1.14 bits per heavy atom. The second-order valence-corrected chi connectivity index (χ2v) is 10.6. The van der Waals surface area contributed by atoms with E-state index in [9.17, 15) is 20.1 Å². The van der Waals surface area contributed by atoms with Crippen LogP contribution in [0.15, 0.2) is 12.2 Å². The number of rotatable bonds is 0. The van der Waals surface area contributed by atoms with Crippen molar-refractivity contribution >= 4 is 17.6 Å². The van der Waals surface area contributed by atoms with Crippen LogP contribution < -0.4 is 0 Å². The van der Waals surface area contributed by atoms with Crippen molar-refractivity contribution in [3.63, 3.8) is 0 Å². The minimum Gasteiger partial charge on any atom is -0.457 e. The molecule has 0 spiro atoms. The van der Waals surface area contributed by atoms with Crippen LogP contribution in [0.1, 0.15) is 41.0 Å². The number of esters is 1. The molecule has 0 radical (unpaired) electrons. The number of halogens is 1. The summed E-state index contributed by atoms with van der Waals surface area (Å²) in [4.78, 5) is 12.5. The molecule has 3 N–H and O–H groups in total.